The van der Waals surface area contributed by atoms with E-state index in [-0.39, 0.29) is 11.0 Å². The standard InChI is InChI=1S/C11H20N2/c1-10(2,3)9-7-13(8-12-9)11(4,5)6/h7-8H,1-6H3. The number of aromatic nitrogens is 2. The third kappa shape index (κ3) is 2.33. The average Bonchev–Trinajstić information content (AvgIpc) is 2.28. The van der Waals surface area contributed by atoms with Crippen LogP contribution in [-0.4, -0.2) is 9.55 Å². The van der Waals surface area contributed by atoms with E-state index in [1.807, 2.05) is 6.33 Å². The van der Waals surface area contributed by atoms with Crippen molar-refractivity contribution >= 4 is 0 Å². The van der Waals surface area contributed by atoms with Crippen LogP contribution < -0.4 is 0 Å². The maximum absolute atomic E-state index is 4.42. The summed E-state index contributed by atoms with van der Waals surface area (Å²) in [6, 6.07) is 0. The van der Waals surface area contributed by atoms with Gasteiger partial charge in [-0.1, -0.05) is 20.8 Å². The van der Waals surface area contributed by atoms with Crippen molar-refractivity contribution in [3.8, 4) is 0 Å². The van der Waals surface area contributed by atoms with Crippen molar-refractivity contribution < 1.29 is 0 Å². The summed E-state index contributed by atoms with van der Waals surface area (Å²) < 4.78 is 2.16. The first-order valence-electron chi connectivity index (χ1n) is 4.76. The zero-order valence-electron chi connectivity index (χ0n) is 9.55. The Labute approximate surface area is 81.0 Å². The summed E-state index contributed by atoms with van der Waals surface area (Å²) in [5.41, 5.74) is 1.44. The third-order valence-electron chi connectivity index (χ3n) is 2.13. The van der Waals surface area contributed by atoms with Crippen LogP contribution in [0.4, 0.5) is 0 Å². The van der Waals surface area contributed by atoms with E-state index in [2.05, 4.69) is 57.3 Å². The van der Waals surface area contributed by atoms with E-state index < -0.39 is 0 Å². The molecule has 0 bridgehead atoms. The molecule has 0 fully saturated rings. The first-order valence-corrected chi connectivity index (χ1v) is 4.76. The SMILES string of the molecule is CC(C)(C)c1cn(C(C)(C)C)cn1. The van der Waals surface area contributed by atoms with Crippen LogP contribution in [0, 0.1) is 0 Å². The Kier molecular flexibility index (Phi) is 2.27. The third-order valence-corrected chi connectivity index (χ3v) is 2.13. The second-order valence-corrected chi connectivity index (χ2v) is 5.59. The molecular weight excluding hydrogens is 160 g/mol. The van der Waals surface area contributed by atoms with Crippen LogP contribution in [0.2, 0.25) is 0 Å². The molecule has 0 atom stereocenters. The molecule has 0 amide bonds. The first-order chi connectivity index (χ1) is 5.71. The molecule has 1 aromatic heterocycles. The number of hydrogen-bond donors (Lipinski definition) is 0. The molecule has 2 nitrogen and oxygen atoms in total. The molecule has 0 radical (unpaired) electrons. The number of imidazole rings is 1. The van der Waals surface area contributed by atoms with E-state index in [1.165, 1.54) is 0 Å². The monoisotopic (exact) mass is 180 g/mol. The molecule has 74 valence electrons. The van der Waals surface area contributed by atoms with Crippen molar-refractivity contribution in [2.24, 2.45) is 0 Å². The van der Waals surface area contributed by atoms with Gasteiger partial charge >= 0.3 is 0 Å². The fraction of sp³-hybridized carbons (Fsp3) is 0.727. The lowest BCUT2D eigenvalue weighted by molar-refractivity contribution is 0.395. The molecule has 0 unspecified atom stereocenters. The Morgan fingerprint density at radius 1 is 1.08 bits per heavy atom. The highest BCUT2D eigenvalue weighted by molar-refractivity contribution is 5.10. The van der Waals surface area contributed by atoms with Crippen molar-refractivity contribution in [1.29, 1.82) is 0 Å². The topological polar surface area (TPSA) is 17.8 Å². The molecule has 0 aliphatic carbocycles. The molecule has 0 saturated carbocycles. The van der Waals surface area contributed by atoms with Gasteiger partial charge in [0.25, 0.3) is 0 Å². The fourth-order valence-electron chi connectivity index (χ4n) is 1.08. The van der Waals surface area contributed by atoms with Crippen LogP contribution >= 0.6 is 0 Å². The highest BCUT2D eigenvalue weighted by Gasteiger charge is 2.19. The predicted molar refractivity (Wildman–Crippen MR) is 55.9 cm³/mol. The van der Waals surface area contributed by atoms with Crippen molar-refractivity contribution in [1.82, 2.24) is 9.55 Å². The van der Waals surface area contributed by atoms with Crippen LogP contribution in [0.15, 0.2) is 12.5 Å². The van der Waals surface area contributed by atoms with Crippen LogP contribution in [-0.2, 0) is 11.0 Å². The Morgan fingerprint density at radius 2 is 1.62 bits per heavy atom. The van der Waals surface area contributed by atoms with Gasteiger partial charge in [0.15, 0.2) is 0 Å². The van der Waals surface area contributed by atoms with Crippen molar-refractivity contribution in [3.63, 3.8) is 0 Å². The molecule has 0 aliphatic heterocycles. The summed E-state index contributed by atoms with van der Waals surface area (Å²) in [7, 11) is 0. The Balaban J connectivity index is 3.01. The van der Waals surface area contributed by atoms with Gasteiger partial charge < -0.3 is 4.57 Å². The van der Waals surface area contributed by atoms with E-state index in [0.717, 1.165) is 5.69 Å². The molecule has 0 aromatic carbocycles. The lowest BCUT2D eigenvalue weighted by Gasteiger charge is -2.20. The Hall–Kier alpha value is -0.790. The van der Waals surface area contributed by atoms with Crippen LogP contribution in [0.1, 0.15) is 47.2 Å². The maximum Gasteiger partial charge on any atom is 0.0954 e. The van der Waals surface area contributed by atoms with Crippen molar-refractivity contribution in [3.05, 3.63) is 18.2 Å². The molecule has 0 spiro atoms. The van der Waals surface area contributed by atoms with Gasteiger partial charge in [0.2, 0.25) is 0 Å². The summed E-state index contributed by atoms with van der Waals surface area (Å²) >= 11 is 0. The van der Waals surface area contributed by atoms with Gasteiger partial charge in [-0.3, -0.25) is 0 Å². The minimum Gasteiger partial charge on any atom is -0.332 e. The average molecular weight is 180 g/mol. The van der Waals surface area contributed by atoms with Crippen molar-refractivity contribution in [2.45, 2.75) is 52.5 Å². The van der Waals surface area contributed by atoms with Gasteiger partial charge in [-0.25, -0.2) is 4.98 Å². The zero-order valence-corrected chi connectivity index (χ0v) is 9.55. The minimum atomic E-state index is 0.135. The molecule has 1 aromatic rings. The number of nitrogens with zero attached hydrogens (tertiary/aromatic N) is 2. The normalized spacial score (nSPS) is 13.4. The van der Waals surface area contributed by atoms with Crippen LogP contribution in [0.25, 0.3) is 0 Å². The molecule has 13 heavy (non-hydrogen) atoms. The van der Waals surface area contributed by atoms with Gasteiger partial charge in [0.05, 0.1) is 12.0 Å². The summed E-state index contributed by atoms with van der Waals surface area (Å²) in [5.74, 6) is 0. The molecule has 1 rings (SSSR count). The second kappa shape index (κ2) is 2.86. The molecule has 0 aliphatic rings. The Bertz CT molecular complexity index is 255. The zero-order chi connectivity index (χ0) is 10.3. The van der Waals surface area contributed by atoms with Gasteiger partial charge in [0, 0.05) is 17.2 Å². The largest absolute Gasteiger partial charge is 0.332 e. The van der Waals surface area contributed by atoms with Crippen molar-refractivity contribution in [2.75, 3.05) is 0 Å². The van der Waals surface area contributed by atoms with Gasteiger partial charge in [-0.05, 0) is 20.8 Å². The summed E-state index contributed by atoms with van der Waals surface area (Å²) in [6.45, 7) is 13.1. The quantitative estimate of drug-likeness (QED) is 0.600. The molecule has 1 heterocycles. The molecule has 2 heteroatoms. The van der Waals surface area contributed by atoms with E-state index >= 15 is 0 Å². The van der Waals surface area contributed by atoms with Crippen LogP contribution in [0.5, 0.6) is 0 Å². The van der Waals surface area contributed by atoms with Gasteiger partial charge in [-0.15, -0.1) is 0 Å². The van der Waals surface area contributed by atoms with Gasteiger partial charge in [0.1, 0.15) is 0 Å². The summed E-state index contributed by atoms with van der Waals surface area (Å²) in [5, 5.41) is 0. The summed E-state index contributed by atoms with van der Waals surface area (Å²) in [6.07, 6.45) is 4.06. The highest BCUT2D eigenvalue weighted by atomic mass is 15.1. The van der Waals surface area contributed by atoms with E-state index in [4.69, 9.17) is 0 Å². The summed E-state index contributed by atoms with van der Waals surface area (Å²) in [4.78, 5) is 4.42. The Morgan fingerprint density at radius 3 is 1.85 bits per heavy atom. The number of hydrogen-bond acceptors (Lipinski definition) is 1. The highest BCUT2D eigenvalue weighted by Crippen LogP contribution is 2.22. The van der Waals surface area contributed by atoms with Crippen LogP contribution in [0.3, 0.4) is 0 Å². The molecule has 0 N–H and O–H groups in total. The van der Waals surface area contributed by atoms with E-state index in [9.17, 15) is 0 Å². The van der Waals surface area contributed by atoms with E-state index in [1.54, 1.807) is 0 Å². The lowest BCUT2D eigenvalue weighted by atomic mass is 9.93. The fourth-order valence-corrected chi connectivity index (χ4v) is 1.08. The molecular formula is C11H20N2. The molecule has 0 saturated heterocycles. The second-order valence-electron chi connectivity index (χ2n) is 5.59. The first kappa shape index (κ1) is 10.3. The van der Waals surface area contributed by atoms with Gasteiger partial charge in [-0.2, -0.15) is 0 Å². The predicted octanol–water partition coefficient (Wildman–Crippen LogP) is 2.94. The number of rotatable bonds is 0. The smallest absolute Gasteiger partial charge is 0.0954 e. The van der Waals surface area contributed by atoms with E-state index in [0.29, 0.717) is 0 Å². The lowest BCUT2D eigenvalue weighted by Crippen LogP contribution is -2.20. The minimum absolute atomic E-state index is 0.135. The maximum atomic E-state index is 4.42.